The van der Waals surface area contributed by atoms with E-state index in [1.165, 1.54) is 0 Å². The minimum Gasteiger partial charge on any atom is -0.445 e. The lowest BCUT2D eigenvalue weighted by atomic mass is 9.76. The average molecular weight is 409 g/mol. The van der Waals surface area contributed by atoms with Crippen LogP contribution in [-0.4, -0.2) is 31.0 Å². The van der Waals surface area contributed by atoms with Crippen molar-refractivity contribution in [3.05, 3.63) is 65.7 Å². The van der Waals surface area contributed by atoms with Crippen LogP contribution in [0, 0.1) is 0 Å². The van der Waals surface area contributed by atoms with E-state index >= 15 is 0 Å². The van der Waals surface area contributed by atoms with E-state index in [1.54, 1.807) is 0 Å². The molecule has 30 heavy (non-hydrogen) atoms. The van der Waals surface area contributed by atoms with Crippen molar-refractivity contribution in [2.24, 2.45) is 0 Å². The summed E-state index contributed by atoms with van der Waals surface area (Å²) in [6.45, 7) is 13.1. The molecular formula is C24H32BNO4. The molecule has 0 saturated carbocycles. The molecule has 1 saturated heterocycles. The van der Waals surface area contributed by atoms with Gasteiger partial charge in [-0.3, -0.25) is 0 Å². The second-order valence-corrected chi connectivity index (χ2v) is 9.51. The third-order valence-electron chi connectivity index (χ3n) is 6.10. The Labute approximate surface area is 180 Å². The minimum absolute atomic E-state index is 0.250. The zero-order chi connectivity index (χ0) is 22.0. The molecule has 0 aliphatic carbocycles. The summed E-state index contributed by atoms with van der Waals surface area (Å²) in [6, 6.07) is 17.8. The summed E-state index contributed by atoms with van der Waals surface area (Å²) in [5.41, 5.74) is 2.10. The van der Waals surface area contributed by atoms with Gasteiger partial charge in [-0.05, 0) is 44.3 Å². The van der Waals surface area contributed by atoms with Gasteiger partial charge in [0.05, 0.1) is 11.2 Å². The van der Waals surface area contributed by atoms with Gasteiger partial charge in [0, 0.05) is 12.0 Å². The highest BCUT2D eigenvalue weighted by Gasteiger charge is 2.51. The Kier molecular flexibility index (Phi) is 6.30. The predicted octanol–water partition coefficient (Wildman–Crippen LogP) is 4.19. The molecule has 5 nitrogen and oxygen atoms in total. The van der Waals surface area contributed by atoms with Crippen molar-refractivity contribution in [2.75, 3.05) is 6.54 Å². The normalized spacial score (nSPS) is 17.6. The van der Waals surface area contributed by atoms with Gasteiger partial charge in [-0.2, -0.15) is 0 Å². The van der Waals surface area contributed by atoms with Crippen molar-refractivity contribution in [2.45, 2.75) is 64.8 Å². The molecule has 1 N–H and O–H groups in total. The van der Waals surface area contributed by atoms with Crippen LogP contribution >= 0.6 is 0 Å². The van der Waals surface area contributed by atoms with Gasteiger partial charge in [-0.1, -0.05) is 68.4 Å². The quantitative estimate of drug-likeness (QED) is 0.727. The van der Waals surface area contributed by atoms with Gasteiger partial charge in [-0.15, -0.1) is 0 Å². The van der Waals surface area contributed by atoms with Crippen LogP contribution < -0.4 is 10.8 Å². The number of carbonyl (C=O) groups excluding carboxylic acids is 1. The van der Waals surface area contributed by atoms with Crippen LogP contribution in [0.5, 0.6) is 0 Å². The number of rotatable bonds is 6. The van der Waals surface area contributed by atoms with E-state index in [0.717, 1.165) is 16.6 Å². The van der Waals surface area contributed by atoms with Crippen LogP contribution in [0.3, 0.4) is 0 Å². The highest BCUT2D eigenvalue weighted by molar-refractivity contribution is 6.62. The fraction of sp³-hybridized carbons (Fsp3) is 0.458. The second-order valence-electron chi connectivity index (χ2n) is 9.51. The highest BCUT2D eigenvalue weighted by atomic mass is 16.7. The van der Waals surface area contributed by atoms with Crippen molar-refractivity contribution in [1.82, 2.24) is 5.32 Å². The van der Waals surface area contributed by atoms with Gasteiger partial charge in [0.1, 0.15) is 6.61 Å². The molecule has 160 valence electrons. The molecule has 0 bridgehead atoms. The van der Waals surface area contributed by atoms with Gasteiger partial charge >= 0.3 is 13.2 Å². The highest BCUT2D eigenvalue weighted by Crippen LogP contribution is 2.36. The smallest absolute Gasteiger partial charge is 0.445 e. The Morgan fingerprint density at radius 2 is 1.53 bits per heavy atom. The zero-order valence-electron chi connectivity index (χ0n) is 18.8. The minimum atomic E-state index is -0.416. The number of alkyl carbamates (subject to hydrolysis) is 1. The van der Waals surface area contributed by atoms with Gasteiger partial charge in [0.25, 0.3) is 0 Å². The molecule has 0 spiro atoms. The number of amides is 1. The van der Waals surface area contributed by atoms with Gasteiger partial charge in [0.2, 0.25) is 0 Å². The van der Waals surface area contributed by atoms with Crippen LogP contribution in [0.1, 0.15) is 52.7 Å². The number of hydrogen-bond acceptors (Lipinski definition) is 4. The number of hydrogen-bond donors (Lipinski definition) is 1. The molecule has 6 heteroatoms. The lowest BCUT2D eigenvalue weighted by molar-refractivity contribution is 0.00578. The molecule has 0 unspecified atom stereocenters. The summed E-state index contributed by atoms with van der Waals surface area (Å²) in [6.07, 6.45) is -0.416. The topological polar surface area (TPSA) is 56.8 Å². The average Bonchev–Trinajstić information content (AvgIpc) is 2.93. The van der Waals surface area contributed by atoms with Crippen LogP contribution in [-0.2, 0) is 26.1 Å². The van der Waals surface area contributed by atoms with Crippen LogP contribution in [0.4, 0.5) is 4.79 Å². The van der Waals surface area contributed by atoms with E-state index in [2.05, 4.69) is 31.3 Å². The molecule has 1 amide bonds. The van der Waals surface area contributed by atoms with Gasteiger partial charge in [0.15, 0.2) is 0 Å². The SMILES string of the molecule is CC(C)(CNC(=O)OCc1ccccc1)c1ccc(B2OC(C)(C)C(C)(C)O2)cc1. The van der Waals surface area contributed by atoms with E-state index in [4.69, 9.17) is 14.0 Å². The lowest BCUT2D eigenvalue weighted by Gasteiger charge is -2.32. The summed E-state index contributed by atoms with van der Waals surface area (Å²) in [5.74, 6) is 0. The van der Waals surface area contributed by atoms with E-state index in [9.17, 15) is 4.79 Å². The standard InChI is InChI=1S/C24H32BNO4/c1-22(2,17-26-21(27)28-16-18-10-8-7-9-11-18)19-12-14-20(15-13-19)25-29-23(3,4)24(5,6)30-25/h7-15H,16-17H2,1-6H3,(H,26,27). The van der Waals surface area contributed by atoms with Crippen molar-refractivity contribution in [3.8, 4) is 0 Å². The first-order valence-electron chi connectivity index (χ1n) is 10.4. The van der Waals surface area contributed by atoms with Crippen molar-refractivity contribution in [3.63, 3.8) is 0 Å². The van der Waals surface area contributed by atoms with E-state index in [0.29, 0.717) is 6.54 Å². The van der Waals surface area contributed by atoms with Crippen molar-refractivity contribution in [1.29, 1.82) is 0 Å². The summed E-state index contributed by atoms with van der Waals surface area (Å²) in [7, 11) is -0.377. The predicted molar refractivity (Wildman–Crippen MR) is 120 cm³/mol. The monoisotopic (exact) mass is 409 g/mol. The summed E-state index contributed by atoms with van der Waals surface area (Å²) in [5, 5.41) is 2.87. The first-order valence-corrected chi connectivity index (χ1v) is 10.4. The number of carbonyl (C=O) groups is 1. The number of ether oxygens (including phenoxy) is 1. The molecule has 2 aromatic rings. The first kappa shape index (κ1) is 22.4. The molecule has 1 aliphatic rings. The molecule has 3 rings (SSSR count). The number of nitrogens with one attached hydrogen (secondary N) is 1. The Bertz CT molecular complexity index is 847. The van der Waals surface area contributed by atoms with Gasteiger partial charge < -0.3 is 19.4 Å². The van der Waals surface area contributed by atoms with Crippen LogP contribution in [0.25, 0.3) is 0 Å². The lowest BCUT2D eigenvalue weighted by Crippen LogP contribution is -2.41. The Hall–Kier alpha value is -2.31. The van der Waals surface area contributed by atoms with Crippen molar-refractivity contribution < 1.29 is 18.8 Å². The van der Waals surface area contributed by atoms with E-state index in [-0.39, 0.29) is 30.3 Å². The Morgan fingerprint density at radius 1 is 0.967 bits per heavy atom. The molecule has 0 radical (unpaired) electrons. The van der Waals surface area contributed by atoms with Gasteiger partial charge in [-0.25, -0.2) is 4.79 Å². The molecular weight excluding hydrogens is 377 g/mol. The Morgan fingerprint density at radius 3 is 2.10 bits per heavy atom. The third-order valence-corrected chi connectivity index (χ3v) is 6.10. The summed E-state index contributed by atoms with van der Waals surface area (Å²) in [4.78, 5) is 12.1. The maximum Gasteiger partial charge on any atom is 0.494 e. The van der Waals surface area contributed by atoms with E-state index in [1.807, 2.05) is 70.2 Å². The maximum atomic E-state index is 12.1. The second kappa shape index (κ2) is 8.44. The largest absolute Gasteiger partial charge is 0.494 e. The molecule has 1 aliphatic heterocycles. The molecule has 0 atom stereocenters. The maximum absolute atomic E-state index is 12.1. The fourth-order valence-electron chi connectivity index (χ4n) is 3.24. The molecule has 0 aromatic heterocycles. The summed E-state index contributed by atoms with van der Waals surface area (Å²) < 4.78 is 17.5. The van der Waals surface area contributed by atoms with Crippen LogP contribution in [0.2, 0.25) is 0 Å². The molecule has 2 aromatic carbocycles. The zero-order valence-corrected chi connectivity index (χ0v) is 18.8. The summed E-state index contributed by atoms with van der Waals surface area (Å²) >= 11 is 0. The van der Waals surface area contributed by atoms with E-state index < -0.39 is 6.09 Å². The van der Waals surface area contributed by atoms with Crippen molar-refractivity contribution >= 4 is 18.7 Å². The molecule has 1 heterocycles. The first-order chi connectivity index (χ1) is 14.0. The number of benzene rings is 2. The third kappa shape index (κ3) is 5.05. The Balaban J connectivity index is 1.55. The van der Waals surface area contributed by atoms with Crippen LogP contribution in [0.15, 0.2) is 54.6 Å². The fourth-order valence-corrected chi connectivity index (χ4v) is 3.24. The molecule has 1 fully saturated rings.